The highest BCUT2D eigenvalue weighted by atomic mass is 16.5. The number of pyridine rings is 1. The maximum absolute atomic E-state index is 11.8. The first-order valence-electron chi connectivity index (χ1n) is 6.67. The van der Waals surface area contributed by atoms with E-state index in [4.69, 9.17) is 4.74 Å². The van der Waals surface area contributed by atoms with Gasteiger partial charge in [0.2, 0.25) is 5.91 Å². The molecule has 0 unspecified atom stereocenters. The summed E-state index contributed by atoms with van der Waals surface area (Å²) in [7, 11) is 2.98. The summed E-state index contributed by atoms with van der Waals surface area (Å²) in [5.74, 6) is -0.470. The van der Waals surface area contributed by atoms with Gasteiger partial charge in [-0.25, -0.2) is 4.79 Å². The third kappa shape index (κ3) is 2.89. The lowest BCUT2D eigenvalue weighted by atomic mass is 10.0. The number of esters is 1. The van der Waals surface area contributed by atoms with Crippen LogP contribution in [0, 0.1) is 5.92 Å². The fourth-order valence-electron chi connectivity index (χ4n) is 2.62. The number of carbonyl (C=O) groups excluding carboxylic acids is 2. The summed E-state index contributed by atoms with van der Waals surface area (Å²) < 4.78 is 4.74. The van der Waals surface area contributed by atoms with Crippen LogP contribution in [0.25, 0.3) is 0 Å². The largest absolute Gasteiger partial charge is 0.465 e. The van der Waals surface area contributed by atoms with Gasteiger partial charge in [-0.05, 0) is 18.9 Å². The molecular formula is C14H19N3O3. The number of nitrogens with zero attached hydrogens (tertiary/aromatic N) is 1. The van der Waals surface area contributed by atoms with E-state index in [1.165, 1.54) is 13.3 Å². The third-order valence-electron chi connectivity index (χ3n) is 3.67. The maximum atomic E-state index is 11.8. The highest BCUT2D eigenvalue weighted by molar-refractivity contribution is 5.95. The van der Waals surface area contributed by atoms with Crippen molar-refractivity contribution in [2.45, 2.75) is 25.3 Å². The lowest BCUT2D eigenvalue weighted by Crippen LogP contribution is -2.36. The first-order chi connectivity index (χ1) is 9.67. The number of hydrogen-bond acceptors (Lipinski definition) is 5. The summed E-state index contributed by atoms with van der Waals surface area (Å²) in [6, 6.07) is 1.76. The van der Waals surface area contributed by atoms with Crippen LogP contribution in [0.2, 0.25) is 0 Å². The normalized spacial score (nSPS) is 21.3. The first kappa shape index (κ1) is 14.3. The molecule has 1 saturated carbocycles. The van der Waals surface area contributed by atoms with Gasteiger partial charge in [0.05, 0.1) is 18.7 Å². The van der Waals surface area contributed by atoms with E-state index in [-0.39, 0.29) is 17.9 Å². The minimum absolute atomic E-state index is 0.0285. The van der Waals surface area contributed by atoms with Crippen molar-refractivity contribution < 1.29 is 14.3 Å². The highest BCUT2D eigenvalue weighted by Gasteiger charge is 2.33. The van der Waals surface area contributed by atoms with Crippen molar-refractivity contribution in [3.63, 3.8) is 0 Å². The Bertz CT molecular complexity index is 504. The number of carbonyl (C=O) groups is 2. The lowest BCUT2D eigenvalue weighted by Gasteiger charge is -2.21. The molecule has 1 fully saturated rings. The van der Waals surface area contributed by atoms with Crippen LogP contribution in [-0.4, -0.2) is 37.1 Å². The molecule has 2 rings (SSSR count). The average Bonchev–Trinajstić information content (AvgIpc) is 2.94. The van der Waals surface area contributed by atoms with E-state index in [0.29, 0.717) is 11.3 Å². The summed E-state index contributed by atoms with van der Waals surface area (Å²) in [5.41, 5.74) is 1.05. The zero-order valence-corrected chi connectivity index (χ0v) is 11.7. The molecule has 6 heteroatoms. The minimum atomic E-state index is -0.435. The van der Waals surface area contributed by atoms with Gasteiger partial charge in [0.15, 0.2) is 0 Å². The number of anilines is 1. The maximum Gasteiger partial charge on any atom is 0.341 e. The van der Waals surface area contributed by atoms with Crippen LogP contribution in [-0.2, 0) is 9.53 Å². The van der Waals surface area contributed by atoms with Crippen LogP contribution in [0.1, 0.15) is 29.6 Å². The van der Waals surface area contributed by atoms with E-state index in [0.717, 1.165) is 19.3 Å². The summed E-state index contributed by atoms with van der Waals surface area (Å²) >= 11 is 0. The van der Waals surface area contributed by atoms with Crippen LogP contribution in [0.4, 0.5) is 5.69 Å². The second-order valence-corrected chi connectivity index (χ2v) is 4.82. The van der Waals surface area contributed by atoms with E-state index >= 15 is 0 Å². The Kier molecular flexibility index (Phi) is 4.55. The molecule has 108 valence electrons. The monoisotopic (exact) mass is 277 g/mol. The Morgan fingerprint density at radius 2 is 2.20 bits per heavy atom. The summed E-state index contributed by atoms with van der Waals surface area (Å²) in [4.78, 5) is 27.5. The zero-order valence-electron chi connectivity index (χ0n) is 11.7. The van der Waals surface area contributed by atoms with Gasteiger partial charge in [-0.3, -0.25) is 9.78 Å². The van der Waals surface area contributed by atoms with Gasteiger partial charge in [0.1, 0.15) is 5.56 Å². The molecule has 2 atom stereocenters. The molecule has 0 radical (unpaired) electrons. The standard InChI is InChI=1S/C14H19N3O3/c1-15-13(18)9-4-3-5-11(9)17-12-6-7-16-8-10(12)14(19)20-2/h6-9,11H,3-5H2,1-2H3,(H,15,18)(H,16,17)/t9-,11-/m0/s1. The molecule has 0 aromatic carbocycles. The molecule has 1 heterocycles. The second-order valence-electron chi connectivity index (χ2n) is 4.82. The topological polar surface area (TPSA) is 80.3 Å². The molecule has 1 amide bonds. The van der Waals surface area contributed by atoms with E-state index in [1.807, 2.05) is 0 Å². The Morgan fingerprint density at radius 1 is 1.40 bits per heavy atom. The predicted octanol–water partition coefficient (Wildman–Crippen LogP) is 1.19. The molecule has 0 spiro atoms. The lowest BCUT2D eigenvalue weighted by molar-refractivity contribution is -0.124. The molecule has 1 aliphatic carbocycles. The number of hydrogen-bond donors (Lipinski definition) is 2. The van der Waals surface area contributed by atoms with Crippen molar-refractivity contribution in [3.05, 3.63) is 24.0 Å². The predicted molar refractivity (Wildman–Crippen MR) is 74.4 cm³/mol. The molecule has 2 N–H and O–H groups in total. The molecule has 1 aliphatic rings. The average molecular weight is 277 g/mol. The third-order valence-corrected chi connectivity index (χ3v) is 3.67. The molecule has 1 aromatic heterocycles. The molecule has 0 bridgehead atoms. The number of ether oxygens (including phenoxy) is 1. The summed E-state index contributed by atoms with van der Waals surface area (Å²) in [6.07, 6.45) is 5.84. The van der Waals surface area contributed by atoms with Gasteiger partial charge < -0.3 is 15.4 Å². The SMILES string of the molecule is CNC(=O)[C@H]1CCC[C@@H]1Nc1ccncc1C(=O)OC. The van der Waals surface area contributed by atoms with E-state index < -0.39 is 5.97 Å². The number of nitrogens with one attached hydrogen (secondary N) is 2. The molecule has 20 heavy (non-hydrogen) atoms. The second kappa shape index (κ2) is 6.36. The van der Waals surface area contributed by atoms with Crippen molar-refractivity contribution in [2.75, 3.05) is 19.5 Å². The Labute approximate surface area is 117 Å². The minimum Gasteiger partial charge on any atom is -0.465 e. The van der Waals surface area contributed by atoms with Gasteiger partial charge in [-0.1, -0.05) is 6.42 Å². The van der Waals surface area contributed by atoms with Crippen LogP contribution in [0.3, 0.4) is 0 Å². The number of rotatable bonds is 4. The van der Waals surface area contributed by atoms with Gasteiger partial charge in [0.25, 0.3) is 0 Å². The fourth-order valence-corrected chi connectivity index (χ4v) is 2.62. The summed E-state index contributed by atoms with van der Waals surface area (Å²) in [5, 5.41) is 5.98. The highest BCUT2D eigenvalue weighted by Crippen LogP contribution is 2.29. The molecule has 0 saturated heterocycles. The fraction of sp³-hybridized carbons (Fsp3) is 0.500. The van der Waals surface area contributed by atoms with Crippen LogP contribution in [0.5, 0.6) is 0 Å². The van der Waals surface area contributed by atoms with E-state index in [9.17, 15) is 9.59 Å². The number of methoxy groups -OCH3 is 1. The molecule has 0 aliphatic heterocycles. The van der Waals surface area contributed by atoms with Crippen LogP contribution in [0.15, 0.2) is 18.5 Å². The van der Waals surface area contributed by atoms with Gasteiger partial charge in [-0.15, -0.1) is 0 Å². The molecule has 6 nitrogen and oxygen atoms in total. The van der Waals surface area contributed by atoms with Crippen molar-refractivity contribution in [1.29, 1.82) is 0 Å². The van der Waals surface area contributed by atoms with Crippen molar-refractivity contribution in [3.8, 4) is 0 Å². The van der Waals surface area contributed by atoms with Crippen LogP contribution < -0.4 is 10.6 Å². The number of aromatic nitrogens is 1. The van der Waals surface area contributed by atoms with E-state index in [2.05, 4.69) is 15.6 Å². The van der Waals surface area contributed by atoms with Gasteiger partial charge >= 0.3 is 5.97 Å². The Morgan fingerprint density at radius 3 is 2.90 bits per heavy atom. The zero-order chi connectivity index (χ0) is 14.5. The Balaban J connectivity index is 2.17. The van der Waals surface area contributed by atoms with Crippen LogP contribution >= 0.6 is 0 Å². The quantitative estimate of drug-likeness (QED) is 0.808. The molecule has 1 aromatic rings. The van der Waals surface area contributed by atoms with Crippen molar-refractivity contribution in [1.82, 2.24) is 10.3 Å². The van der Waals surface area contributed by atoms with Gasteiger partial charge in [-0.2, -0.15) is 0 Å². The molecular weight excluding hydrogens is 258 g/mol. The van der Waals surface area contributed by atoms with E-state index in [1.54, 1.807) is 19.3 Å². The van der Waals surface area contributed by atoms with Crippen molar-refractivity contribution in [2.24, 2.45) is 5.92 Å². The first-order valence-corrected chi connectivity index (χ1v) is 6.67. The van der Waals surface area contributed by atoms with Crippen molar-refractivity contribution >= 4 is 17.6 Å². The smallest absolute Gasteiger partial charge is 0.341 e. The van der Waals surface area contributed by atoms with Gasteiger partial charge in [0, 0.05) is 25.5 Å². The summed E-state index contributed by atoms with van der Waals surface area (Å²) in [6.45, 7) is 0. The Hall–Kier alpha value is -2.11. The number of amides is 1.